The number of nitrogens with zero attached hydrogens (tertiary/aromatic N) is 2. The third-order valence-electron chi connectivity index (χ3n) is 4.53. The first kappa shape index (κ1) is 17.2. The van der Waals surface area contributed by atoms with Gasteiger partial charge in [0.2, 0.25) is 11.8 Å². The number of carbonyl (C=O) groups is 3. The highest BCUT2D eigenvalue weighted by molar-refractivity contribution is 5.82. The summed E-state index contributed by atoms with van der Waals surface area (Å²) in [6.45, 7) is 2.04. The third kappa shape index (κ3) is 3.56. The molecule has 0 aromatic heterocycles. The Morgan fingerprint density at radius 1 is 1.28 bits per heavy atom. The second kappa shape index (κ2) is 7.06. The predicted octanol–water partition coefficient (Wildman–Crippen LogP) is 1.26. The number of hydrogen-bond acceptors (Lipinski definition) is 4. The molecule has 1 aromatic carbocycles. The van der Waals surface area contributed by atoms with Crippen LogP contribution in [0.4, 0.5) is 0 Å². The van der Waals surface area contributed by atoms with Crippen LogP contribution in [0.5, 0.6) is 0 Å². The van der Waals surface area contributed by atoms with Crippen molar-refractivity contribution in [2.75, 3.05) is 19.7 Å². The number of ether oxygens (including phenoxy) is 1. The number of carboxylic acids is 1. The second-order valence-corrected chi connectivity index (χ2v) is 6.13. The van der Waals surface area contributed by atoms with Gasteiger partial charge in [0.1, 0.15) is 0 Å². The van der Waals surface area contributed by atoms with E-state index in [1.807, 2.05) is 30.3 Å². The topological polar surface area (TPSA) is 87.2 Å². The molecule has 0 aliphatic carbocycles. The number of carboxylic acid groups (broad SMARTS) is 1. The van der Waals surface area contributed by atoms with Gasteiger partial charge in [0, 0.05) is 19.7 Å². The molecule has 0 spiro atoms. The molecule has 7 nitrogen and oxygen atoms in total. The van der Waals surface area contributed by atoms with E-state index in [2.05, 4.69) is 0 Å². The van der Waals surface area contributed by atoms with E-state index in [0.29, 0.717) is 6.54 Å². The minimum absolute atomic E-state index is 0.0262. The molecule has 3 rings (SSSR count). The van der Waals surface area contributed by atoms with Gasteiger partial charge in [-0.15, -0.1) is 0 Å². The van der Waals surface area contributed by atoms with Crippen molar-refractivity contribution in [3.05, 3.63) is 41.6 Å². The number of morpholine rings is 1. The average molecular weight is 344 g/mol. The summed E-state index contributed by atoms with van der Waals surface area (Å²) in [6.07, 6.45) is 2.66. The zero-order valence-electron chi connectivity index (χ0n) is 13.9. The van der Waals surface area contributed by atoms with Crippen LogP contribution in [-0.4, -0.2) is 58.5 Å². The molecule has 25 heavy (non-hydrogen) atoms. The molecular weight excluding hydrogens is 324 g/mol. The smallest absolute Gasteiger partial charge is 0.334 e. The molecule has 132 valence electrons. The molecule has 1 aromatic rings. The molecule has 0 unspecified atom stereocenters. The number of rotatable bonds is 3. The molecule has 2 heterocycles. The highest BCUT2D eigenvalue weighted by Gasteiger charge is 2.33. The summed E-state index contributed by atoms with van der Waals surface area (Å²) in [6, 6.07) is 7.24. The summed E-state index contributed by atoms with van der Waals surface area (Å²) < 4.78 is 5.16. The first-order valence-electron chi connectivity index (χ1n) is 8.15. The van der Waals surface area contributed by atoms with Gasteiger partial charge in [0.05, 0.1) is 25.6 Å². The fourth-order valence-corrected chi connectivity index (χ4v) is 3.23. The van der Waals surface area contributed by atoms with Gasteiger partial charge in [-0.2, -0.15) is 0 Å². The lowest BCUT2D eigenvalue weighted by atomic mass is 9.93. The fraction of sp³-hybridized carbons (Fsp3) is 0.389. The Hall–Kier alpha value is -2.67. The van der Waals surface area contributed by atoms with E-state index in [1.165, 1.54) is 11.8 Å². The molecule has 1 fully saturated rings. The van der Waals surface area contributed by atoms with E-state index >= 15 is 0 Å². The van der Waals surface area contributed by atoms with Crippen molar-refractivity contribution in [2.45, 2.75) is 25.5 Å². The molecule has 0 bridgehead atoms. The van der Waals surface area contributed by atoms with E-state index in [4.69, 9.17) is 9.84 Å². The quantitative estimate of drug-likeness (QED) is 0.892. The monoisotopic (exact) mass is 344 g/mol. The Morgan fingerprint density at radius 2 is 2.04 bits per heavy atom. The van der Waals surface area contributed by atoms with Crippen LogP contribution in [0, 0.1) is 0 Å². The Labute approximate surface area is 145 Å². The summed E-state index contributed by atoms with van der Waals surface area (Å²) in [7, 11) is 0. The van der Waals surface area contributed by atoms with Gasteiger partial charge in [-0.05, 0) is 17.2 Å². The van der Waals surface area contributed by atoms with Gasteiger partial charge < -0.3 is 19.6 Å². The fourth-order valence-electron chi connectivity index (χ4n) is 3.23. The predicted molar refractivity (Wildman–Crippen MR) is 89.3 cm³/mol. The second-order valence-electron chi connectivity index (χ2n) is 6.13. The van der Waals surface area contributed by atoms with Crippen LogP contribution in [-0.2, 0) is 19.1 Å². The molecule has 2 aliphatic heterocycles. The van der Waals surface area contributed by atoms with Crippen LogP contribution in [0.15, 0.2) is 30.5 Å². The Morgan fingerprint density at radius 3 is 2.76 bits per heavy atom. The van der Waals surface area contributed by atoms with Gasteiger partial charge in [-0.25, -0.2) is 4.79 Å². The van der Waals surface area contributed by atoms with Crippen LogP contribution < -0.4 is 0 Å². The summed E-state index contributed by atoms with van der Waals surface area (Å²) in [5.74, 6) is -1.40. The number of hydrogen-bond donors (Lipinski definition) is 1. The van der Waals surface area contributed by atoms with Crippen molar-refractivity contribution in [3.8, 4) is 0 Å². The first-order chi connectivity index (χ1) is 12.0. The minimum Gasteiger partial charge on any atom is -0.479 e. The number of amides is 2. The summed E-state index contributed by atoms with van der Waals surface area (Å²) in [5.41, 5.74) is 1.89. The van der Waals surface area contributed by atoms with Gasteiger partial charge >= 0.3 is 5.97 Å². The SMILES string of the molecule is CC(=O)N1C=Cc2ccccc2[C@@H]1CC(=O)N1CCO[C@@H](C(=O)O)C1. The largest absolute Gasteiger partial charge is 0.479 e. The van der Waals surface area contributed by atoms with Gasteiger partial charge in [0.15, 0.2) is 6.10 Å². The minimum atomic E-state index is -1.08. The summed E-state index contributed by atoms with van der Waals surface area (Å²) in [5, 5.41) is 9.08. The lowest BCUT2D eigenvalue weighted by Crippen LogP contribution is -2.49. The number of benzene rings is 1. The van der Waals surface area contributed by atoms with Crippen molar-refractivity contribution in [1.29, 1.82) is 0 Å². The average Bonchev–Trinajstić information content (AvgIpc) is 2.61. The van der Waals surface area contributed by atoms with E-state index < -0.39 is 18.1 Å². The maximum atomic E-state index is 12.7. The zero-order valence-corrected chi connectivity index (χ0v) is 13.9. The molecule has 7 heteroatoms. The molecule has 1 N–H and O–H groups in total. The van der Waals surface area contributed by atoms with Gasteiger partial charge in [-0.1, -0.05) is 24.3 Å². The number of aliphatic carboxylic acids is 1. The molecule has 2 atom stereocenters. The maximum absolute atomic E-state index is 12.7. The van der Waals surface area contributed by atoms with Crippen LogP contribution in [0.3, 0.4) is 0 Å². The third-order valence-corrected chi connectivity index (χ3v) is 4.53. The van der Waals surface area contributed by atoms with Crippen molar-refractivity contribution < 1.29 is 24.2 Å². The molecule has 0 saturated carbocycles. The first-order valence-corrected chi connectivity index (χ1v) is 8.15. The Balaban J connectivity index is 1.79. The van der Waals surface area contributed by atoms with E-state index in [9.17, 15) is 14.4 Å². The molecule has 1 saturated heterocycles. The van der Waals surface area contributed by atoms with Crippen LogP contribution in [0.25, 0.3) is 6.08 Å². The van der Waals surface area contributed by atoms with E-state index in [-0.39, 0.29) is 31.4 Å². The van der Waals surface area contributed by atoms with E-state index in [0.717, 1.165) is 11.1 Å². The van der Waals surface area contributed by atoms with Crippen LogP contribution in [0.1, 0.15) is 30.5 Å². The lowest BCUT2D eigenvalue weighted by molar-refractivity contribution is -0.159. The lowest BCUT2D eigenvalue weighted by Gasteiger charge is -2.35. The van der Waals surface area contributed by atoms with Crippen LogP contribution in [0.2, 0.25) is 0 Å². The maximum Gasteiger partial charge on any atom is 0.334 e. The standard InChI is InChI=1S/C18H20N2O5/c1-12(21)20-7-6-13-4-2-3-5-14(13)15(20)10-17(22)19-8-9-25-16(11-19)18(23)24/h2-7,15-16H,8-11H2,1H3,(H,23,24)/t15-,16+/m0/s1. The Kier molecular flexibility index (Phi) is 4.85. The zero-order chi connectivity index (χ0) is 18.0. The highest BCUT2D eigenvalue weighted by Crippen LogP contribution is 2.33. The van der Waals surface area contributed by atoms with Crippen molar-refractivity contribution in [1.82, 2.24) is 9.80 Å². The Bertz CT molecular complexity index is 730. The van der Waals surface area contributed by atoms with Crippen molar-refractivity contribution >= 4 is 23.9 Å². The van der Waals surface area contributed by atoms with Crippen molar-refractivity contribution in [3.63, 3.8) is 0 Å². The summed E-state index contributed by atoms with van der Waals surface area (Å²) in [4.78, 5) is 38.8. The molecule has 2 amide bonds. The highest BCUT2D eigenvalue weighted by atomic mass is 16.5. The summed E-state index contributed by atoms with van der Waals surface area (Å²) >= 11 is 0. The van der Waals surface area contributed by atoms with Crippen molar-refractivity contribution in [2.24, 2.45) is 0 Å². The molecule has 0 radical (unpaired) electrons. The normalized spacial score (nSPS) is 22.4. The number of fused-ring (bicyclic) bond motifs is 1. The van der Waals surface area contributed by atoms with E-state index in [1.54, 1.807) is 11.1 Å². The molecule has 2 aliphatic rings. The van der Waals surface area contributed by atoms with Crippen LogP contribution >= 0.6 is 0 Å². The number of carbonyl (C=O) groups excluding carboxylic acids is 2. The molecular formula is C18H20N2O5. The van der Waals surface area contributed by atoms with Gasteiger partial charge in [0.25, 0.3) is 0 Å². The van der Waals surface area contributed by atoms with Gasteiger partial charge in [-0.3, -0.25) is 9.59 Å².